The van der Waals surface area contributed by atoms with Gasteiger partial charge in [0, 0.05) is 32.0 Å². The Kier molecular flexibility index (Phi) is 7.06. The lowest BCUT2D eigenvalue weighted by atomic mass is 9.99. The van der Waals surface area contributed by atoms with Crippen LogP contribution in [0, 0.1) is 5.92 Å². The van der Waals surface area contributed by atoms with Crippen LogP contribution in [0.3, 0.4) is 0 Å². The maximum Gasteiger partial charge on any atom is 0.243 e. The summed E-state index contributed by atoms with van der Waals surface area (Å²) >= 11 is 0. The van der Waals surface area contributed by atoms with Gasteiger partial charge < -0.3 is 10.5 Å². The molecule has 1 aromatic rings. The number of nitrogens with one attached hydrogen (secondary N) is 1. The average Bonchev–Trinajstić information content (AvgIpc) is 3.25. The third-order valence-corrected chi connectivity index (χ3v) is 6.43. The lowest BCUT2D eigenvalue weighted by Crippen LogP contribution is -2.44. The Morgan fingerprint density at radius 1 is 1.29 bits per heavy atom. The van der Waals surface area contributed by atoms with E-state index in [0.29, 0.717) is 25.7 Å². The number of rotatable bonds is 6. The van der Waals surface area contributed by atoms with Gasteiger partial charge in [-0.25, -0.2) is 13.1 Å². The molecular weight excluding hydrogens is 352 g/mol. The Balaban J connectivity index is 0.00000208. The standard InChI is InChI=1S/C15H26N4O3S.ClH/c16-9-15(12-3-1-2-4-12)18-23(20,21)14-10-17-19(11-14)13-5-7-22-8-6-13;/h10-13,15,18H,1-9,16H2;1H. The average molecular weight is 379 g/mol. The molecule has 0 radical (unpaired) electrons. The quantitative estimate of drug-likeness (QED) is 0.780. The van der Waals surface area contributed by atoms with Gasteiger partial charge in [0.1, 0.15) is 4.90 Å². The van der Waals surface area contributed by atoms with E-state index in [1.54, 1.807) is 10.9 Å². The highest BCUT2D eigenvalue weighted by molar-refractivity contribution is 7.89. The molecule has 1 atom stereocenters. The molecule has 0 aromatic carbocycles. The number of hydrogen-bond donors (Lipinski definition) is 2. The molecule has 7 nitrogen and oxygen atoms in total. The van der Waals surface area contributed by atoms with Crippen LogP contribution >= 0.6 is 12.4 Å². The molecule has 1 saturated heterocycles. The summed E-state index contributed by atoms with van der Waals surface area (Å²) in [6.07, 6.45) is 9.19. The molecule has 9 heteroatoms. The summed E-state index contributed by atoms with van der Waals surface area (Å²) in [6, 6.07) is 0.0294. The molecule has 1 saturated carbocycles. The van der Waals surface area contributed by atoms with E-state index in [2.05, 4.69) is 9.82 Å². The van der Waals surface area contributed by atoms with Crippen LogP contribution in [-0.4, -0.2) is 44.0 Å². The minimum atomic E-state index is -3.57. The maximum absolute atomic E-state index is 12.6. The first-order valence-corrected chi connectivity index (χ1v) is 9.93. The van der Waals surface area contributed by atoms with Crippen LogP contribution in [0.4, 0.5) is 0 Å². The molecule has 3 rings (SSSR count). The summed E-state index contributed by atoms with van der Waals surface area (Å²) in [5.74, 6) is 0.348. The second-order valence-corrected chi connectivity index (χ2v) is 8.22. The fourth-order valence-electron chi connectivity index (χ4n) is 3.57. The van der Waals surface area contributed by atoms with Crippen LogP contribution in [0.25, 0.3) is 0 Å². The van der Waals surface area contributed by atoms with Crippen molar-refractivity contribution >= 4 is 22.4 Å². The van der Waals surface area contributed by atoms with Gasteiger partial charge >= 0.3 is 0 Å². The van der Waals surface area contributed by atoms with Crippen molar-refractivity contribution in [1.29, 1.82) is 0 Å². The largest absolute Gasteiger partial charge is 0.381 e. The van der Waals surface area contributed by atoms with Gasteiger partial charge in [0.25, 0.3) is 0 Å². The van der Waals surface area contributed by atoms with Crippen LogP contribution in [0.5, 0.6) is 0 Å². The van der Waals surface area contributed by atoms with Crippen LogP contribution in [-0.2, 0) is 14.8 Å². The van der Waals surface area contributed by atoms with Crippen molar-refractivity contribution < 1.29 is 13.2 Å². The molecule has 2 aliphatic rings. The highest BCUT2D eigenvalue weighted by Gasteiger charge is 2.29. The normalized spacial score (nSPS) is 21.5. The van der Waals surface area contributed by atoms with Crippen LogP contribution < -0.4 is 10.5 Å². The number of ether oxygens (including phenoxy) is 1. The molecule has 3 N–H and O–H groups in total. The van der Waals surface area contributed by atoms with Crippen molar-refractivity contribution in [2.45, 2.75) is 55.5 Å². The molecule has 1 unspecified atom stereocenters. The summed E-state index contributed by atoms with van der Waals surface area (Å²) in [5.41, 5.74) is 5.80. The summed E-state index contributed by atoms with van der Waals surface area (Å²) in [6.45, 7) is 1.72. The minimum absolute atomic E-state index is 0. The predicted octanol–water partition coefficient (Wildman–Crippen LogP) is 1.45. The number of sulfonamides is 1. The van der Waals surface area contributed by atoms with Crippen LogP contribution in [0.2, 0.25) is 0 Å². The van der Waals surface area contributed by atoms with E-state index in [4.69, 9.17) is 10.5 Å². The van der Waals surface area contributed by atoms with E-state index >= 15 is 0 Å². The van der Waals surface area contributed by atoms with E-state index in [1.165, 1.54) is 6.20 Å². The zero-order valence-electron chi connectivity index (χ0n) is 13.8. The summed E-state index contributed by atoms with van der Waals surface area (Å²) < 4.78 is 35.1. The Morgan fingerprint density at radius 2 is 1.96 bits per heavy atom. The van der Waals surface area contributed by atoms with Crippen LogP contribution in [0.15, 0.2) is 17.3 Å². The van der Waals surface area contributed by atoms with Gasteiger partial charge in [-0.05, 0) is 31.6 Å². The highest BCUT2D eigenvalue weighted by atomic mass is 35.5. The second-order valence-electron chi connectivity index (χ2n) is 6.51. The lowest BCUT2D eigenvalue weighted by molar-refractivity contribution is 0.0662. The maximum atomic E-state index is 12.6. The topological polar surface area (TPSA) is 99.2 Å². The van der Waals surface area contributed by atoms with Gasteiger partial charge in [0.2, 0.25) is 10.0 Å². The Morgan fingerprint density at radius 3 is 2.58 bits per heavy atom. The molecule has 0 bridgehead atoms. The molecule has 24 heavy (non-hydrogen) atoms. The first-order chi connectivity index (χ1) is 11.1. The van der Waals surface area contributed by atoms with Crippen molar-refractivity contribution in [2.24, 2.45) is 11.7 Å². The van der Waals surface area contributed by atoms with Crippen LogP contribution in [0.1, 0.15) is 44.6 Å². The minimum Gasteiger partial charge on any atom is -0.381 e. The zero-order chi connectivity index (χ0) is 16.3. The lowest BCUT2D eigenvalue weighted by Gasteiger charge is -2.23. The Bertz CT molecular complexity index is 610. The molecule has 2 fully saturated rings. The first-order valence-electron chi connectivity index (χ1n) is 8.44. The smallest absolute Gasteiger partial charge is 0.243 e. The Hall–Kier alpha value is -0.670. The number of nitrogens with two attached hydrogens (primary N) is 1. The molecular formula is C15H27ClN4O3S. The molecule has 0 amide bonds. The fourth-order valence-corrected chi connectivity index (χ4v) is 4.83. The van der Waals surface area contributed by atoms with E-state index in [-0.39, 0.29) is 29.4 Å². The number of halogens is 1. The van der Waals surface area contributed by atoms with Crippen molar-refractivity contribution in [3.63, 3.8) is 0 Å². The van der Waals surface area contributed by atoms with Gasteiger partial charge in [-0.2, -0.15) is 5.10 Å². The molecule has 1 aromatic heterocycles. The SMILES string of the molecule is Cl.NCC(NS(=O)(=O)c1cnn(C2CCOCC2)c1)C1CCCC1. The fraction of sp³-hybridized carbons (Fsp3) is 0.800. The van der Waals surface area contributed by atoms with Gasteiger partial charge in [-0.1, -0.05) is 12.8 Å². The van der Waals surface area contributed by atoms with E-state index in [1.807, 2.05) is 0 Å². The monoisotopic (exact) mass is 378 g/mol. The van der Waals surface area contributed by atoms with Crippen molar-refractivity contribution in [3.8, 4) is 0 Å². The zero-order valence-corrected chi connectivity index (χ0v) is 15.4. The van der Waals surface area contributed by atoms with Crippen molar-refractivity contribution in [2.75, 3.05) is 19.8 Å². The number of aromatic nitrogens is 2. The molecule has 1 aliphatic heterocycles. The van der Waals surface area contributed by atoms with Gasteiger partial charge in [-0.3, -0.25) is 4.68 Å². The molecule has 138 valence electrons. The molecule has 2 heterocycles. The molecule has 0 spiro atoms. The van der Waals surface area contributed by atoms with E-state index < -0.39 is 10.0 Å². The summed E-state index contributed by atoms with van der Waals surface area (Å²) in [7, 11) is -3.57. The second kappa shape index (κ2) is 8.62. The highest BCUT2D eigenvalue weighted by Crippen LogP contribution is 2.28. The van der Waals surface area contributed by atoms with Gasteiger partial charge in [-0.15, -0.1) is 12.4 Å². The Labute approximate surface area is 149 Å². The van der Waals surface area contributed by atoms with E-state index in [9.17, 15) is 8.42 Å². The van der Waals surface area contributed by atoms with Crippen molar-refractivity contribution in [3.05, 3.63) is 12.4 Å². The predicted molar refractivity (Wildman–Crippen MR) is 93.7 cm³/mol. The summed E-state index contributed by atoms with van der Waals surface area (Å²) in [5, 5.41) is 4.25. The summed E-state index contributed by atoms with van der Waals surface area (Å²) in [4.78, 5) is 0.223. The molecule has 1 aliphatic carbocycles. The van der Waals surface area contributed by atoms with Gasteiger partial charge in [0.05, 0.1) is 12.2 Å². The van der Waals surface area contributed by atoms with Crippen molar-refractivity contribution in [1.82, 2.24) is 14.5 Å². The number of hydrogen-bond acceptors (Lipinski definition) is 5. The first kappa shape index (κ1) is 19.7. The van der Waals surface area contributed by atoms with E-state index in [0.717, 1.165) is 38.5 Å². The number of nitrogens with zero attached hydrogens (tertiary/aromatic N) is 2. The third-order valence-electron chi connectivity index (χ3n) is 4.98. The third kappa shape index (κ3) is 4.49. The van der Waals surface area contributed by atoms with Gasteiger partial charge in [0.15, 0.2) is 0 Å².